The Balaban J connectivity index is 1.47. The first-order chi connectivity index (χ1) is 26.4. The van der Waals surface area contributed by atoms with Crippen LogP contribution in [0.1, 0.15) is 79.7 Å². The average molecular weight is 757 g/mol. The van der Waals surface area contributed by atoms with E-state index in [1.54, 1.807) is 42.3 Å². The number of hydrogen-bond donors (Lipinski definition) is 2. The number of allylic oxidation sites excluding steroid dienone is 4. The molecule has 2 heterocycles. The van der Waals surface area contributed by atoms with E-state index in [1.807, 2.05) is 44.4 Å². The van der Waals surface area contributed by atoms with Crippen LogP contribution in [0.3, 0.4) is 0 Å². The van der Waals surface area contributed by atoms with Gasteiger partial charge in [-0.05, 0) is 68.9 Å². The van der Waals surface area contributed by atoms with E-state index < -0.39 is 24.0 Å². The smallest absolute Gasteiger partial charge is 0.411 e. The number of esters is 1. The predicted octanol–water partition coefficient (Wildman–Crippen LogP) is 7.49. The van der Waals surface area contributed by atoms with Gasteiger partial charge in [0.05, 0.1) is 43.2 Å². The van der Waals surface area contributed by atoms with Crippen molar-refractivity contribution in [1.29, 1.82) is 0 Å². The normalized spacial score (nSPS) is 16.5. The lowest BCUT2D eigenvalue weighted by atomic mass is 10.1. The Morgan fingerprint density at radius 1 is 0.873 bits per heavy atom. The second-order valence-electron chi connectivity index (χ2n) is 13.1. The molecule has 4 rings (SSSR count). The topological polar surface area (TPSA) is 159 Å². The summed E-state index contributed by atoms with van der Waals surface area (Å²) in [6.07, 6.45) is 14.5. The van der Waals surface area contributed by atoms with E-state index in [4.69, 9.17) is 29.4 Å². The SMILES string of the molecule is C=CCOC(=O)Nc1cc(OCCCOc2cc(N)c(C(=O)N3C=C(/C=C/C)C[C@H]3CC)cc2OC)c(C)cc1C(=O)N1C=C(/C=C/C)C[C@H]1COC(C)=O. The van der Waals surface area contributed by atoms with Crippen LogP contribution >= 0.6 is 0 Å². The second kappa shape index (κ2) is 19.9. The molecule has 2 atom stereocenters. The van der Waals surface area contributed by atoms with E-state index in [1.165, 1.54) is 25.0 Å². The van der Waals surface area contributed by atoms with E-state index in [2.05, 4.69) is 18.8 Å². The molecule has 3 N–H and O–H groups in total. The minimum Gasteiger partial charge on any atom is -0.493 e. The van der Waals surface area contributed by atoms with Crippen LogP contribution < -0.4 is 25.3 Å². The number of benzene rings is 2. The van der Waals surface area contributed by atoms with Crippen LogP contribution in [-0.4, -0.2) is 79.3 Å². The summed E-state index contributed by atoms with van der Waals surface area (Å²) < 4.78 is 28.1. The molecule has 2 aromatic carbocycles. The summed E-state index contributed by atoms with van der Waals surface area (Å²) in [7, 11) is 1.50. The van der Waals surface area contributed by atoms with Crippen molar-refractivity contribution in [3.05, 3.63) is 101 Å². The first-order valence-corrected chi connectivity index (χ1v) is 18.3. The van der Waals surface area contributed by atoms with Crippen LogP contribution in [0, 0.1) is 6.92 Å². The van der Waals surface area contributed by atoms with Crippen LogP contribution in [0.5, 0.6) is 17.2 Å². The third-order valence-electron chi connectivity index (χ3n) is 9.00. The number of carbonyl (C=O) groups excluding carboxylic acids is 4. The van der Waals surface area contributed by atoms with Gasteiger partial charge in [0, 0.05) is 49.6 Å². The number of nitrogen functional groups attached to an aromatic ring is 1. The van der Waals surface area contributed by atoms with Crippen molar-refractivity contribution < 1.29 is 42.9 Å². The Morgan fingerprint density at radius 3 is 2.09 bits per heavy atom. The molecule has 0 radical (unpaired) electrons. The van der Waals surface area contributed by atoms with E-state index in [0.29, 0.717) is 41.2 Å². The Kier molecular flexibility index (Phi) is 15.1. The first-order valence-electron chi connectivity index (χ1n) is 18.3. The van der Waals surface area contributed by atoms with Gasteiger partial charge in [0.15, 0.2) is 11.5 Å². The highest BCUT2D eigenvalue weighted by Crippen LogP contribution is 2.36. The average Bonchev–Trinajstić information content (AvgIpc) is 3.77. The van der Waals surface area contributed by atoms with Crippen molar-refractivity contribution in [2.45, 2.75) is 72.4 Å². The number of aryl methyl sites for hydroxylation is 1. The zero-order valence-electron chi connectivity index (χ0n) is 32.5. The van der Waals surface area contributed by atoms with Crippen molar-refractivity contribution in [2.24, 2.45) is 0 Å². The third-order valence-corrected chi connectivity index (χ3v) is 9.00. The fourth-order valence-electron chi connectivity index (χ4n) is 6.35. The van der Waals surface area contributed by atoms with Crippen molar-refractivity contribution in [3.63, 3.8) is 0 Å². The van der Waals surface area contributed by atoms with Gasteiger partial charge in [-0.3, -0.25) is 19.7 Å². The summed E-state index contributed by atoms with van der Waals surface area (Å²) in [5.41, 5.74) is 9.98. The van der Waals surface area contributed by atoms with Crippen molar-refractivity contribution >= 4 is 35.3 Å². The summed E-state index contributed by atoms with van der Waals surface area (Å²) in [5.74, 6) is 0.139. The predicted molar refractivity (Wildman–Crippen MR) is 211 cm³/mol. The molecular weight excluding hydrogens is 704 g/mol. The quantitative estimate of drug-likeness (QED) is 0.0717. The van der Waals surface area contributed by atoms with Gasteiger partial charge in [-0.1, -0.05) is 43.9 Å². The Labute approximate surface area is 323 Å². The van der Waals surface area contributed by atoms with Crippen molar-refractivity contribution in [3.8, 4) is 17.2 Å². The fourth-order valence-corrected chi connectivity index (χ4v) is 6.35. The van der Waals surface area contributed by atoms with E-state index in [9.17, 15) is 19.2 Å². The van der Waals surface area contributed by atoms with Gasteiger partial charge in [0.25, 0.3) is 11.8 Å². The Morgan fingerprint density at radius 2 is 1.49 bits per heavy atom. The number of nitrogens with two attached hydrogens (primary N) is 1. The molecule has 0 aliphatic carbocycles. The number of nitrogens with one attached hydrogen (secondary N) is 1. The molecule has 0 aromatic heterocycles. The Hall–Kier alpha value is -5.98. The maximum atomic E-state index is 14.0. The molecule has 55 heavy (non-hydrogen) atoms. The molecule has 13 nitrogen and oxygen atoms in total. The van der Waals surface area contributed by atoms with Gasteiger partial charge in [-0.2, -0.15) is 0 Å². The van der Waals surface area contributed by atoms with Crippen LogP contribution in [0.25, 0.3) is 0 Å². The summed E-state index contributed by atoms with van der Waals surface area (Å²) in [5, 5.41) is 2.66. The molecule has 0 saturated heterocycles. The largest absolute Gasteiger partial charge is 0.493 e. The molecule has 2 aliphatic rings. The first kappa shape index (κ1) is 41.8. The highest BCUT2D eigenvalue weighted by molar-refractivity contribution is 6.04. The molecule has 2 aliphatic heterocycles. The number of anilines is 2. The summed E-state index contributed by atoms with van der Waals surface area (Å²) in [6, 6.07) is 6.03. The van der Waals surface area contributed by atoms with Crippen LogP contribution in [-0.2, 0) is 14.3 Å². The number of rotatable bonds is 17. The number of nitrogens with zero attached hydrogens (tertiary/aromatic N) is 2. The van der Waals surface area contributed by atoms with Gasteiger partial charge in [-0.15, -0.1) is 0 Å². The summed E-state index contributed by atoms with van der Waals surface area (Å²) in [4.78, 5) is 55.1. The zero-order valence-corrected chi connectivity index (χ0v) is 32.5. The summed E-state index contributed by atoms with van der Waals surface area (Å²) in [6.45, 7) is 13.0. The molecule has 2 aromatic rings. The van der Waals surface area contributed by atoms with Gasteiger partial charge >= 0.3 is 12.1 Å². The second-order valence-corrected chi connectivity index (χ2v) is 13.1. The molecule has 3 amide bonds. The summed E-state index contributed by atoms with van der Waals surface area (Å²) >= 11 is 0. The number of carbonyl (C=O) groups is 4. The molecule has 0 unspecified atom stereocenters. The monoisotopic (exact) mass is 756 g/mol. The number of amides is 3. The lowest BCUT2D eigenvalue weighted by molar-refractivity contribution is -0.142. The van der Waals surface area contributed by atoms with Crippen LogP contribution in [0.15, 0.2) is 84.8 Å². The van der Waals surface area contributed by atoms with Gasteiger partial charge in [0.1, 0.15) is 19.0 Å². The number of hydrogen-bond acceptors (Lipinski definition) is 10. The van der Waals surface area contributed by atoms with Crippen LogP contribution in [0.4, 0.5) is 16.2 Å². The highest BCUT2D eigenvalue weighted by atomic mass is 16.5. The lowest BCUT2D eigenvalue weighted by Gasteiger charge is -2.25. The van der Waals surface area contributed by atoms with Gasteiger partial charge in [-0.25, -0.2) is 4.79 Å². The molecule has 13 heteroatoms. The molecule has 0 saturated carbocycles. The molecule has 0 spiro atoms. The maximum absolute atomic E-state index is 14.0. The van der Waals surface area contributed by atoms with Crippen LogP contribution in [0.2, 0.25) is 0 Å². The molecular formula is C42H52N4O9. The maximum Gasteiger partial charge on any atom is 0.411 e. The van der Waals surface area contributed by atoms with Crippen molar-refractivity contribution in [1.82, 2.24) is 9.80 Å². The fraction of sp³-hybridized carbons (Fsp3) is 0.381. The molecule has 0 fully saturated rings. The van der Waals surface area contributed by atoms with E-state index >= 15 is 0 Å². The standard InChI is InChI=1S/C42H52N4O9/c1-8-13-29-19-31(11-4)45(24-29)40(48)33-21-38(51-7)39(22-35(33)43)53-17-12-16-52-37-23-36(44-42(50)54-15-10-3)34(18-27(37)5)41(49)46-25-30(14-9-2)20-32(46)26-55-28(6)47/h8-10,13-14,18,21-25,31-32H,3,11-12,15-17,19-20,26,43H2,1-2,4-7H3,(H,44,50)/b13-8+,14-9+/t31-,32+/m1/s1. The van der Waals surface area contributed by atoms with E-state index in [0.717, 1.165) is 24.0 Å². The number of methoxy groups -OCH3 is 1. The minimum atomic E-state index is -0.776. The minimum absolute atomic E-state index is 0.0131. The van der Waals surface area contributed by atoms with Gasteiger partial charge < -0.3 is 39.2 Å². The lowest BCUT2D eigenvalue weighted by Crippen LogP contribution is -2.37. The van der Waals surface area contributed by atoms with Gasteiger partial charge in [0.2, 0.25) is 0 Å². The Bertz CT molecular complexity index is 1880. The van der Waals surface area contributed by atoms with E-state index in [-0.39, 0.29) is 55.3 Å². The molecule has 294 valence electrons. The molecule has 0 bridgehead atoms. The number of ether oxygens (including phenoxy) is 5. The third kappa shape index (κ3) is 10.8. The van der Waals surface area contributed by atoms with Crippen molar-refractivity contribution in [2.75, 3.05) is 44.6 Å². The zero-order chi connectivity index (χ0) is 40.1. The highest BCUT2D eigenvalue weighted by Gasteiger charge is 2.33.